The fourth-order valence-electron chi connectivity index (χ4n) is 3.18. The molecule has 0 radical (unpaired) electrons. The second kappa shape index (κ2) is 13.9. The van der Waals surface area contributed by atoms with Crippen LogP contribution in [0.3, 0.4) is 0 Å². The number of carbonyl (C=O) groups is 3. The number of hydrogen-bond donors (Lipinski definition) is 4. The van der Waals surface area contributed by atoms with Gasteiger partial charge >= 0.3 is 6.09 Å². The number of nitrogens with one attached hydrogen (secondary N) is 3. The second-order valence-electron chi connectivity index (χ2n) is 7.89. The van der Waals surface area contributed by atoms with Gasteiger partial charge in [0, 0.05) is 12.5 Å². The Morgan fingerprint density at radius 3 is 2.00 bits per heavy atom. The maximum absolute atomic E-state index is 13.0. The van der Waals surface area contributed by atoms with Crippen molar-refractivity contribution in [2.24, 2.45) is 0 Å². The third-order valence-electron chi connectivity index (χ3n) is 4.98. The van der Waals surface area contributed by atoms with Gasteiger partial charge in [0.05, 0.1) is 6.61 Å². The first kappa shape index (κ1) is 25.9. The van der Waals surface area contributed by atoms with Gasteiger partial charge in [-0.3, -0.25) is 9.59 Å². The average Bonchev–Trinajstić information content (AvgIpc) is 2.83. The third-order valence-corrected chi connectivity index (χ3v) is 4.98. The summed E-state index contributed by atoms with van der Waals surface area (Å²) < 4.78 is 5.23. The van der Waals surface area contributed by atoms with Crippen LogP contribution in [-0.4, -0.2) is 47.7 Å². The van der Waals surface area contributed by atoms with Gasteiger partial charge < -0.3 is 25.8 Å². The Balaban J connectivity index is 2.03. The molecule has 33 heavy (non-hydrogen) atoms. The molecule has 8 heteroatoms. The lowest BCUT2D eigenvalue weighted by Gasteiger charge is -2.24. The highest BCUT2D eigenvalue weighted by atomic mass is 16.5. The van der Waals surface area contributed by atoms with Gasteiger partial charge in [0.2, 0.25) is 11.8 Å². The predicted molar refractivity (Wildman–Crippen MR) is 125 cm³/mol. The smallest absolute Gasteiger partial charge is 0.408 e. The molecule has 0 saturated heterocycles. The summed E-state index contributed by atoms with van der Waals surface area (Å²) in [5.41, 5.74) is 1.71. The Hall–Kier alpha value is -3.39. The van der Waals surface area contributed by atoms with Crippen molar-refractivity contribution in [1.82, 2.24) is 16.0 Å². The minimum absolute atomic E-state index is 0.0885. The average molecular weight is 456 g/mol. The van der Waals surface area contributed by atoms with Crippen molar-refractivity contribution in [2.45, 2.75) is 57.8 Å². The zero-order valence-corrected chi connectivity index (χ0v) is 19.1. The van der Waals surface area contributed by atoms with Crippen LogP contribution in [0.5, 0.6) is 0 Å². The lowest BCUT2D eigenvalue weighted by Crippen LogP contribution is -2.55. The molecule has 3 amide bonds. The maximum Gasteiger partial charge on any atom is 0.408 e. The lowest BCUT2D eigenvalue weighted by atomic mass is 10.0. The van der Waals surface area contributed by atoms with Gasteiger partial charge in [-0.25, -0.2) is 4.79 Å². The summed E-state index contributed by atoms with van der Waals surface area (Å²) in [5.74, 6) is -0.878. The van der Waals surface area contributed by atoms with Crippen LogP contribution >= 0.6 is 0 Å². The van der Waals surface area contributed by atoms with Crippen LogP contribution in [0.1, 0.15) is 37.8 Å². The van der Waals surface area contributed by atoms with E-state index in [4.69, 9.17) is 4.74 Å². The van der Waals surface area contributed by atoms with E-state index in [9.17, 15) is 19.5 Å². The molecule has 0 heterocycles. The number of aliphatic hydroxyl groups is 1. The highest BCUT2D eigenvalue weighted by Crippen LogP contribution is 2.07. The van der Waals surface area contributed by atoms with Crippen LogP contribution in [0.25, 0.3) is 0 Å². The normalized spacial score (nSPS) is 13.3. The molecule has 2 aromatic carbocycles. The molecule has 3 atom stereocenters. The van der Waals surface area contributed by atoms with E-state index >= 15 is 0 Å². The molecule has 4 N–H and O–H groups in total. The molecular weight excluding hydrogens is 422 g/mol. The van der Waals surface area contributed by atoms with Crippen molar-refractivity contribution in [1.29, 1.82) is 0 Å². The summed E-state index contributed by atoms with van der Waals surface area (Å²) >= 11 is 0. The third kappa shape index (κ3) is 9.33. The zero-order chi connectivity index (χ0) is 24.1. The molecule has 2 aromatic rings. The first-order valence-corrected chi connectivity index (χ1v) is 11.2. The van der Waals surface area contributed by atoms with Crippen molar-refractivity contribution in [3.8, 4) is 0 Å². The number of rotatable bonds is 12. The van der Waals surface area contributed by atoms with Crippen LogP contribution in [-0.2, 0) is 27.4 Å². The maximum atomic E-state index is 13.0. The number of aliphatic hydroxyl groups excluding tert-OH is 1. The van der Waals surface area contributed by atoms with E-state index in [0.717, 1.165) is 11.1 Å². The van der Waals surface area contributed by atoms with Crippen LogP contribution in [0, 0.1) is 0 Å². The van der Waals surface area contributed by atoms with Crippen molar-refractivity contribution in [3.63, 3.8) is 0 Å². The largest absolute Gasteiger partial charge is 0.445 e. The number of hydrogen-bond acceptors (Lipinski definition) is 5. The molecule has 178 valence electrons. The number of amides is 3. The minimum Gasteiger partial charge on any atom is -0.445 e. The minimum atomic E-state index is -0.865. The van der Waals surface area contributed by atoms with E-state index in [0.29, 0.717) is 12.8 Å². The molecule has 0 bridgehead atoms. The number of alkyl carbamates (subject to hydrolysis) is 1. The van der Waals surface area contributed by atoms with Crippen LogP contribution < -0.4 is 16.0 Å². The second-order valence-corrected chi connectivity index (χ2v) is 7.89. The first-order chi connectivity index (χ1) is 15.9. The fourth-order valence-corrected chi connectivity index (χ4v) is 3.18. The van der Waals surface area contributed by atoms with Gasteiger partial charge in [-0.05, 0) is 24.5 Å². The Labute approximate surface area is 194 Å². The summed E-state index contributed by atoms with van der Waals surface area (Å²) in [6, 6.07) is 16.4. The SMILES string of the molecule is CCCC(NC(=O)OCc1ccccc1)C(=O)NC(Cc1ccccc1)C(=O)NC(C)CO. The van der Waals surface area contributed by atoms with Crippen LogP contribution in [0.2, 0.25) is 0 Å². The Kier molecular flexibility index (Phi) is 10.9. The molecular formula is C25H33N3O5. The Morgan fingerprint density at radius 1 is 0.848 bits per heavy atom. The van der Waals surface area contributed by atoms with E-state index in [-0.39, 0.29) is 19.6 Å². The van der Waals surface area contributed by atoms with Crippen molar-refractivity contribution >= 4 is 17.9 Å². The zero-order valence-electron chi connectivity index (χ0n) is 19.1. The Morgan fingerprint density at radius 2 is 1.42 bits per heavy atom. The van der Waals surface area contributed by atoms with E-state index in [2.05, 4.69) is 16.0 Å². The van der Waals surface area contributed by atoms with E-state index in [1.165, 1.54) is 0 Å². The van der Waals surface area contributed by atoms with E-state index in [1.807, 2.05) is 67.6 Å². The monoisotopic (exact) mass is 455 g/mol. The number of ether oxygens (including phenoxy) is 1. The first-order valence-electron chi connectivity index (χ1n) is 11.2. The van der Waals surface area contributed by atoms with Crippen molar-refractivity contribution in [3.05, 3.63) is 71.8 Å². The summed E-state index contributed by atoms with van der Waals surface area (Å²) in [6.45, 7) is 3.44. The van der Waals surface area contributed by atoms with Crippen LogP contribution in [0.15, 0.2) is 60.7 Å². The molecule has 8 nitrogen and oxygen atoms in total. The molecule has 0 aliphatic rings. The lowest BCUT2D eigenvalue weighted by molar-refractivity contribution is -0.130. The van der Waals surface area contributed by atoms with E-state index in [1.54, 1.807) is 6.92 Å². The standard InChI is InChI=1S/C25H33N3O5/c1-3-10-21(28-25(32)33-17-20-13-8-5-9-14-20)23(30)27-22(24(31)26-18(2)16-29)15-19-11-6-4-7-12-19/h4-9,11-14,18,21-22,29H,3,10,15-17H2,1-2H3,(H,26,31)(H,27,30)(H,28,32). The fraction of sp³-hybridized carbons (Fsp3) is 0.400. The van der Waals surface area contributed by atoms with Crippen molar-refractivity contribution in [2.75, 3.05) is 6.61 Å². The summed E-state index contributed by atoms with van der Waals surface area (Å²) in [6.07, 6.45) is 0.603. The number of carbonyl (C=O) groups excluding carboxylic acids is 3. The highest BCUT2D eigenvalue weighted by molar-refractivity contribution is 5.91. The Bertz CT molecular complexity index is 876. The molecule has 0 aliphatic carbocycles. The quantitative estimate of drug-likeness (QED) is 0.392. The van der Waals surface area contributed by atoms with Gasteiger partial charge in [-0.2, -0.15) is 0 Å². The summed E-state index contributed by atoms with van der Waals surface area (Å²) in [5, 5.41) is 17.3. The highest BCUT2D eigenvalue weighted by Gasteiger charge is 2.27. The van der Waals surface area contributed by atoms with Gasteiger partial charge in [0.1, 0.15) is 18.7 Å². The molecule has 0 spiro atoms. The van der Waals surface area contributed by atoms with Gasteiger partial charge in [0.25, 0.3) is 0 Å². The van der Waals surface area contributed by atoms with Gasteiger partial charge in [0.15, 0.2) is 0 Å². The van der Waals surface area contributed by atoms with Gasteiger partial charge in [-0.1, -0.05) is 74.0 Å². The molecule has 0 aromatic heterocycles. The van der Waals surface area contributed by atoms with Crippen LogP contribution in [0.4, 0.5) is 4.79 Å². The molecule has 2 rings (SSSR count). The van der Waals surface area contributed by atoms with Gasteiger partial charge in [-0.15, -0.1) is 0 Å². The topological polar surface area (TPSA) is 117 Å². The molecule has 0 fully saturated rings. The predicted octanol–water partition coefficient (Wildman–Crippen LogP) is 2.31. The van der Waals surface area contributed by atoms with Crippen molar-refractivity contribution < 1.29 is 24.2 Å². The summed E-state index contributed by atoms with van der Waals surface area (Å²) in [7, 11) is 0. The molecule has 0 aliphatic heterocycles. The molecule has 0 saturated carbocycles. The molecule has 3 unspecified atom stereocenters. The summed E-state index contributed by atoms with van der Waals surface area (Å²) in [4.78, 5) is 38.0. The number of benzene rings is 2. The van der Waals surface area contributed by atoms with E-state index < -0.39 is 36.0 Å².